The Labute approximate surface area is 120 Å². The molecule has 0 aromatic carbocycles. The van der Waals surface area contributed by atoms with Crippen molar-refractivity contribution in [3.8, 4) is 0 Å². The summed E-state index contributed by atoms with van der Waals surface area (Å²) in [6.07, 6.45) is 0.552. The first-order valence-corrected chi connectivity index (χ1v) is 7.23. The van der Waals surface area contributed by atoms with E-state index in [9.17, 15) is 13.6 Å². The number of hydrogen-bond donors (Lipinski definition) is 0. The van der Waals surface area contributed by atoms with E-state index in [-0.39, 0.29) is 25.4 Å². The highest BCUT2D eigenvalue weighted by Gasteiger charge is 2.37. The molecular formula is C13H17F2NO3S. The van der Waals surface area contributed by atoms with Crippen molar-refractivity contribution in [1.82, 2.24) is 4.98 Å². The number of nitrogens with zero attached hydrogens (tertiary/aromatic N) is 1. The number of aromatic nitrogens is 1. The van der Waals surface area contributed by atoms with Gasteiger partial charge in [0.2, 0.25) is 5.92 Å². The summed E-state index contributed by atoms with van der Waals surface area (Å²) in [6.45, 7) is 0.212. The number of methoxy groups -OCH3 is 2. The molecule has 0 bridgehead atoms. The zero-order valence-corrected chi connectivity index (χ0v) is 12.3. The molecule has 1 heterocycles. The molecule has 20 heavy (non-hydrogen) atoms. The van der Waals surface area contributed by atoms with Gasteiger partial charge in [0.1, 0.15) is 4.88 Å². The number of ether oxygens (including phenoxy) is 2. The van der Waals surface area contributed by atoms with Crippen LogP contribution in [-0.4, -0.2) is 31.1 Å². The summed E-state index contributed by atoms with van der Waals surface area (Å²) in [4.78, 5) is 16.5. The van der Waals surface area contributed by atoms with Crippen LogP contribution in [0.4, 0.5) is 8.78 Å². The lowest BCUT2D eigenvalue weighted by Gasteiger charge is -2.26. The molecule has 0 amide bonds. The van der Waals surface area contributed by atoms with Crippen LogP contribution < -0.4 is 0 Å². The molecule has 2 rings (SSSR count). The van der Waals surface area contributed by atoms with E-state index in [1.807, 2.05) is 0 Å². The number of alkyl halides is 2. The summed E-state index contributed by atoms with van der Waals surface area (Å²) in [5.74, 6) is -3.02. The molecule has 0 atom stereocenters. The predicted octanol–water partition coefficient (Wildman–Crippen LogP) is 3.37. The predicted molar refractivity (Wildman–Crippen MR) is 70.3 cm³/mol. The maximum Gasteiger partial charge on any atom is 0.350 e. The molecule has 0 saturated heterocycles. The van der Waals surface area contributed by atoms with Crippen molar-refractivity contribution in [2.75, 3.05) is 14.2 Å². The van der Waals surface area contributed by atoms with Crippen LogP contribution in [0.25, 0.3) is 0 Å². The van der Waals surface area contributed by atoms with Gasteiger partial charge in [-0.1, -0.05) is 0 Å². The average molecular weight is 305 g/mol. The third kappa shape index (κ3) is 3.32. The largest absolute Gasteiger partial charge is 0.465 e. The number of thiazole rings is 1. The lowest BCUT2D eigenvalue weighted by molar-refractivity contribution is -0.0382. The minimum Gasteiger partial charge on any atom is -0.465 e. The molecule has 0 spiro atoms. The SMILES string of the molecule is COCc1nc(C2CCC(F)(F)CC2)sc1C(=O)OC. The van der Waals surface area contributed by atoms with Gasteiger partial charge < -0.3 is 9.47 Å². The Balaban J connectivity index is 2.18. The number of rotatable bonds is 4. The van der Waals surface area contributed by atoms with Crippen LogP contribution in [0.15, 0.2) is 0 Å². The minimum absolute atomic E-state index is 0.00589. The first-order valence-electron chi connectivity index (χ1n) is 6.41. The van der Waals surface area contributed by atoms with Gasteiger partial charge in [0.15, 0.2) is 0 Å². The first kappa shape index (κ1) is 15.3. The van der Waals surface area contributed by atoms with Crippen molar-refractivity contribution in [2.45, 2.75) is 44.1 Å². The molecule has 0 radical (unpaired) electrons. The molecule has 1 aliphatic rings. The van der Waals surface area contributed by atoms with Crippen LogP contribution in [-0.2, 0) is 16.1 Å². The summed E-state index contributed by atoms with van der Waals surface area (Å²) >= 11 is 1.23. The van der Waals surface area contributed by atoms with Crippen molar-refractivity contribution in [2.24, 2.45) is 0 Å². The summed E-state index contributed by atoms with van der Waals surface area (Å²) < 4.78 is 36.1. The smallest absolute Gasteiger partial charge is 0.350 e. The van der Waals surface area contributed by atoms with Crippen LogP contribution in [0.5, 0.6) is 0 Å². The summed E-state index contributed by atoms with van der Waals surface area (Å²) in [7, 11) is 2.82. The van der Waals surface area contributed by atoms with Gasteiger partial charge in [0.05, 0.1) is 24.4 Å². The van der Waals surface area contributed by atoms with Crippen molar-refractivity contribution in [3.05, 3.63) is 15.6 Å². The molecule has 1 aromatic rings. The van der Waals surface area contributed by atoms with E-state index in [0.29, 0.717) is 23.4 Å². The molecule has 0 N–H and O–H groups in total. The molecule has 7 heteroatoms. The second-order valence-electron chi connectivity index (χ2n) is 4.88. The van der Waals surface area contributed by atoms with Gasteiger partial charge in [-0.05, 0) is 12.8 Å². The van der Waals surface area contributed by atoms with E-state index in [1.165, 1.54) is 25.6 Å². The summed E-state index contributed by atoms with van der Waals surface area (Å²) in [5.41, 5.74) is 0.525. The highest BCUT2D eigenvalue weighted by Crippen LogP contribution is 2.42. The van der Waals surface area contributed by atoms with E-state index in [1.54, 1.807) is 0 Å². The van der Waals surface area contributed by atoms with Crippen LogP contribution >= 0.6 is 11.3 Å². The Morgan fingerprint density at radius 2 is 2.05 bits per heavy atom. The number of halogens is 2. The van der Waals surface area contributed by atoms with E-state index in [4.69, 9.17) is 9.47 Å². The molecule has 112 valence electrons. The van der Waals surface area contributed by atoms with Crippen molar-refractivity contribution >= 4 is 17.3 Å². The topological polar surface area (TPSA) is 48.4 Å². The van der Waals surface area contributed by atoms with E-state index in [0.717, 1.165) is 5.01 Å². The van der Waals surface area contributed by atoms with E-state index >= 15 is 0 Å². The number of esters is 1. The second-order valence-corrected chi connectivity index (χ2v) is 5.91. The molecule has 0 aliphatic heterocycles. The Kier molecular flexibility index (Phi) is 4.70. The summed E-state index contributed by atoms with van der Waals surface area (Å²) in [6, 6.07) is 0. The minimum atomic E-state index is -2.56. The Hall–Kier alpha value is -1.08. The van der Waals surface area contributed by atoms with Crippen molar-refractivity contribution < 1.29 is 23.0 Å². The van der Waals surface area contributed by atoms with Crippen LogP contribution in [0.2, 0.25) is 0 Å². The normalized spacial score (nSPS) is 19.0. The zero-order chi connectivity index (χ0) is 14.8. The quantitative estimate of drug-likeness (QED) is 0.800. The molecule has 1 fully saturated rings. The van der Waals surface area contributed by atoms with Gasteiger partial charge in [-0.3, -0.25) is 0 Å². The van der Waals surface area contributed by atoms with Crippen molar-refractivity contribution in [1.29, 1.82) is 0 Å². The lowest BCUT2D eigenvalue weighted by atomic mass is 9.87. The highest BCUT2D eigenvalue weighted by molar-refractivity contribution is 7.13. The molecule has 1 aromatic heterocycles. The molecule has 1 saturated carbocycles. The lowest BCUT2D eigenvalue weighted by Crippen LogP contribution is -2.23. The van der Waals surface area contributed by atoms with Crippen LogP contribution in [0.1, 0.15) is 52.0 Å². The molecular weight excluding hydrogens is 288 g/mol. The van der Waals surface area contributed by atoms with Gasteiger partial charge in [0, 0.05) is 25.9 Å². The fourth-order valence-electron chi connectivity index (χ4n) is 2.32. The van der Waals surface area contributed by atoms with E-state index < -0.39 is 11.9 Å². The van der Waals surface area contributed by atoms with Crippen molar-refractivity contribution in [3.63, 3.8) is 0 Å². The van der Waals surface area contributed by atoms with Crippen LogP contribution in [0.3, 0.4) is 0 Å². The first-order chi connectivity index (χ1) is 9.46. The molecule has 4 nitrogen and oxygen atoms in total. The maximum atomic E-state index is 13.2. The Morgan fingerprint density at radius 3 is 2.60 bits per heavy atom. The van der Waals surface area contributed by atoms with Gasteiger partial charge in [0.25, 0.3) is 0 Å². The monoisotopic (exact) mass is 305 g/mol. The standard InChI is InChI=1S/C13H17F2NO3S/c1-18-7-9-10(12(17)19-2)20-11(16-9)8-3-5-13(14,15)6-4-8/h8H,3-7H2,1-2H3. The Bertz CT molecular complexity index is 480. The van der Waals surface area contributed by atoms with Gasteiger partial charge in [-0.25, -0.2) is 18.6 Å². The third-order valence-corrected chi connectivity index (χ3v) is 4.67. The summed E-state index contributed by atoms with van der Waals surface area (Å²) in [5, 5.41) is 0.730. The molecule has 0 unspecified atom stereocenters. The van der Waals surface area contributed by atoms with E-state index in [2.05, 4.69) is 4.98 Å². The van der Waals surface area contributed by atoms with Gasteiger partial charge in [-0.15, -0.1) is 11.3 Å². The number of hydrogen-bond acceptors (Lipinski definition) is 5. The van der Waals surface area contributed by atoms with Gasteiger partial charge in [-0.2, -0.15) is 0 Å². The maximum absolute atomic E-state index is 13.2. The third-order valence-electron chi connectivity index (χ3n) is 3.43. The average Bonchev–Trinajstić information content (AvgIpc) is 2.82. The zero-order valence-electron chi connectivity index (χ0n) is 11.4. The van der Waals surface area contributed by atoms with Crippen LogP contribution in [0, 0.1) is 0 Å². The highest BCUT2D eigenvalue weighted by atomic mass is 32.1. The second kappa shape index (κ2) is 6.13. The number of carbonyl (C=O) groups is 1. The van der Waals surface area contributed by atoms with Gasteiger partial charge >= 0.3 is 5.97 Å². The fraction of sp³-hybridized carbons (Fsp3) is 0.692. The number of carbonyl (C=O) groups excluding carboxylic acids is 1. The molecule has 1 aliphatic carbocycles. The fourth-order valence-corrected chi connectivity index (χ4v) is 3.47. The Morgan fingerprint density at radius 1 is 1.40 bits per heavy atom.